The van der Waals surface area contributed by atoms with Crippen molar-refractivity contribution in [1.29, 1.82) is 0 Å². The highest BCUT2D eigenvalue weighted by molar-refractivity contribution is 9.10. The first-order valence-electron chi connectivity index (χ1n) is 8.40. The molecule has 2 aromatic rings. The van der Waals surface area contributed by atoms with Gasteiger partial charge in [0, 0.05) is 22.2 Å². The van der Waals surface area contributed by atoms with E-state index in [2.05, 4.69) is 32.1 Å². The number of nitrogens with one attached hydrogen (secondary N) is 3. The number of carbonyl (C=O) groups excluding carboxylic acids is 2. The summed E-state index contributed by atoms with van der Waals surface area (Å²) in [5, 5.41) is 13.1. The number of nitro benzene ring substituents is 1. The highest BCUT2D eigenvalue weighted by atomic mass is 79.9. The zero-order valence-electron chi connectivity index (χ0n) is 15.2. The van der Waals surface area contributed by atoms with Crippen LogP contribution in [0.5, 0.6) is 5.75 Å². The van der Waals surface area contributed by atoms with Gasteiger partial charge in [0.15, 0.2) is 5.11 Å². The van der Waals surface area contributed by atoms with Crippen LogP contribution in [0.2, 0.25) is 0 Å². The molecule has 9 nitrogen and oxygen atoms in total. The number of benzene rings is 2. The molecular weight excluding hydrogens is 464 g/mol. The molecule has 3 N–H and O–H groups in total. The second-order valence-electron chi connectivity index (χ2n) is 5.66. The van der Waals surface area contributed by atoms with Gasteiger partial charge in [-0.25, -0.2) is 0 Å². The Morgan fingerprint density at radius 3 is 2.62 bits per heavy atom. The van der Waals surface area contributed by atoms with Gasteiger partial charge < -0.3 is 4.74 Å². The van der Waals surface area contributed by atoms with Crippen LogP contribution in [0, 0.1) is 10.1 Å². The standard InChI is InChI=1S/C18H17BrN4O5S/c1-2-8-28-15-7-6-12(19)10-14(15)17(25)20-18(29)22-21-16(24)11-4-3-5-13(9-11)23(26)27/h3-7,9-10H,2,8H2,1H3,(H,21,24)(H2,20,22,25,29). The SMILES string of the molecule is CCCOc1ccc(Br)cc1C(=O)NC(=S)NNC(=O)c1cccc([N+](=O)[O-])c1. The van der Waals surface area contributed by atoms with E-state index in [1.807, 2.05) is 6.92 Å². The van der Waals surface area contributed by atoms with Crippen LogP contribution in [0.15, 0.2) is 46.9 Å². The highest BCUT2D eigenvalue weighted by Crippen LogP contribution is 2.23. The van der Waals surface area contributed by atoms with Crippen LogP contribution < -0.4 is 20.9 Å². The van der Waals surface area contributed by atoms with E-state index in [0.717, 1.165) is 12.5 Å². The van der Waals surface area contributed by atoms with Crippen LogP contribution >= 0.6 is 28.1 Å². The summed E-state index contributed by atoms with van der Waals surface area (Å²) in [5.41, 5.74) is 4.76. The van der Waals surface area contributed by atoms with Gasteiger partial charge in [-0.2, -0.15) is 0 Å². The molecular formula is C18H17BrN4O5S. The molecule has 2 aromatic carbocycles. The van der Waals surface area contributed by atoms with Crippen LogP contribution in [0.1, 0.15) is 34.1 Å². The summed E-state index contributed by atoms with van der Waals surface area (Å²) >= 11 is 8.31. The van der Waals surface area contributed by atoms with E-state index in [1.165, 1.54) is 18.2 Å². The van der Waals surface area contributed by atoms with Crippen molar-refractivity contribution < 1.29 is 19.2 Å². The molecule has 0 atom stereocenters. The predicted molar refractivity (Wildman–Crippen MR) is 114 cm³/mol. The fourth-order valence-electron chi connectivity index (χ4n) is 2.17. The van der Waals surface area contributed by atoms with Gasteiger partial charge >= 0.3 is 0 Å². The number of non-ortho nitro benzene ring substituents is 1. The molecule has 11 heteroatoms. The minimum absolute atomic E-state index is 0.0584. The number of amides is 2. The molecule has 2 rings (SSSR count). The maximum atomic E-state index is 12.5. The predicted octanol–water partition coefficient (Wildman–Crippen LogP) is 3.10. The van der Waals surface area contributed by atoms with Crippen LogP contribution in [-0.4, -0.2) is 28.5 Å². The molecule has 0 saturated carbocycles. The second kappa shape index (κ2) is 10.5. The van der Waals surface area contributed by atoms with E-state index >= 15 is 0 Å². The van der Waals surface area contributed by atoms with Crippen LogP contribution in [0.25, 0.3) is 0 Å². The minimum atomic E-state index is -0.653. The van der Waals surface area contributed by atoms with Crippen molar-refractivity contribution in [2.24, 2.45) is 0 Å². The van der Waals surface area contributed by atoms with Gasteiger partial charge in [-0.1, -0.05) is 28.9 Å². The number of nitrogens with zero attached hydrogens (tertiary/aromatic N) is 1. The van der Waals surface area contributed by atoms with Crippen LogP contribution in [0.3, 0.4) is 0 Å². The molecule has 0 aliphatic rings. The number of nitro groups is 1. The fraction of sp³-hybridized carbons (Fsp3) is 0.167. The third-order valence-corrected chi connectivity index (χ3v) is 4.18. The normalized spacial score (nSPS) is 10.0. The van der Waals surface area contributed by atoms with E-state index in [4.69, 9.17) is 17.0 Å². The minimum Gasteiger partial charge on any atom is -0.493 e. The first-order valence-corrected chi connectivity index (χ1v) is 9.60. The first kappa shape index (κ1) is 22.2. The number of thiocarbonyl (C=S) groups is 1. The molecule has 0 unspecified atom stereocenters. The summed E-state index contributed by atoms with van der Waals surface area (Å²) in [4.78, 5) is 34.8. The van der Waals surface area contributed by atoms with E-state index in [9.17, 15) is 19.7 Å². The topological polar surface area (TPSA) is 123 Å². The van der Waals surface area contributed by atoms with Crippen molar-refractivity contribution in [3.63, 3.8) is 0 Å². The molecule has 0 bridgehead atoms. The summed E-state index contributed by atoms with van der Waals surface area (Å²) in [6.07, 6.45) is 0.779. The van der Waals surface area contributed by atoms with Crippen LogP contribution in [0.4, 0.5) is 5.69 Å². The molecule has 0 aliphatic carbocycles. The largest absolute Gasteiger partial charge is 0.493 e. The molecule has 2 amide bonds. The molecule has 0 saturated heterocycles. The van der Waals surface area contributed by atoms with Gasteiger partial charge in [0.25, 0.3) is 17.5 Å². The average molecular weight is 481 g/mol. The van der Waals surface area contributed by atoms with Crippen molar-refractivity contribution in [1.82, 2.24) is 16.2 Å². The lowest BCUT2D eigenvalue weighted by Gasteiger charge is -2.13. The maximum Gasteiger partial charge on any atom is 0.270 e. The first-order chi connectivity index (χ1) is 13.8. The van der Waals surface area contributed by atoms with E-state index < -0.39 is 16.7 Å². The molecule has 29 heavy (non-hydrogen) atoms. The zero-order valence-corrected chi connectivity index (χ0v) is 17.6. The van der Waals surface area contributed by atoms with Crippen molar-refractivity contribution in [3.8, 4) is 5.75 Å². The van der Waals surface area contributed by atoms with Crippen molar-refractivity contribution in [3.05, 3.63) is 68.2 Å². The smallest absolute Gasteiger partial charge is 0.270 e. The molecule has 0 aliphatic heterocycles. The van der Waals surface area contributed by atoms with Gasteiger partial charge in [0.1, 0.15) is 5.75 Å². The molecule has 0 fully saturated rings. The van der Waals surface area contributed by atoms with Crippen LogP contribution in [-0.2, 0) is 0 Å². The number of hydrogen-bond donors (Lipinski definition) is 3. The average Bonchev–Trinajstić information content (AvgIpc) is 2.71. The maximum absolute atomic E-state index is 12.5. The number of hydrogen-bond acceptors (Lipinski definition) is 6. The molecule has 0 radical (unpaired) electrons. The number of carbonyl (C=O) groups is 2. The summed E-state index contributed by atoms with van der Waals surface area (Å²) < 4.78 is 6.25. The van der Waals surface area contributed by atoms with E-state index in [1.54, 1.807) is 18.2 Å². The monoisotopic (exact) mass is 480 g/mol. The quantitative estimate of drug-likeness (QED) is 0.329. The number of halogens is 1. The lowest BCUT2D eigenvalue weighted by molar-refractivity contribution is -0.384. The Labute approximate surface area is 180 Å². The Kier molecular flexibility index (Phi) is 8.04. The summed E-state index contributed by atoms with van der Waals surface area (Å²) in [5.74, 6) is -0.782. The van der Waals surface area contributed by atoms with E-state index in [-0.39, 0.29) is 21.9 Å². The second-order valence-corrected chi connectivity index (χ2v) is 6.98. The van der Waals surface area contributed by atoms with Crippen molar-refractivity contribution >= 4 is 50.8 Å². The Morgan fingerprint density at radius 1 is 1.17 bits per heavy atom. The Balaban J connectivity index is 1.98. The molecule has 0 heterocycles. The Hall–Kier alpha value is -3.05. The van der Waals surface area contributed by atoms with Gasteiger partial charge in [0.2, 0.25) is 0 Å². The molecule has 152 valence electrons. The number of hydrazine groups is 1. The lowest BCUT2D eigenvalue weighted by atomic mass is 10.2. The lowest BCUT2D eigenvalue weighted by Crippen LogP contribution is -2.48. The summed E-state index contributed by atoms with van der Waals surface area (Å²) in [7, 11) is 0. The third-order valence-electron chi connectivity index (χ3n) is 3.48. The molecule has 0 spiro atoms. The van der Waals surface area contributed by atoms with E-state index in [0.29, 0.717) is 16.8 Å². The zero-order chi connectivity index (χ0) is 21.4. The Bertz CT molecular complexity index is 954. The number of ether oxygens (including phenoxy) is 1. The van der Waals surface area contributed by atoms with Gasteiger partial charge in [0.05, 0.1) is 17.1 Å². The van der Waals surface area contributed by atoms with Gasteiger partial charge in [-0.05, 0) is 42.9 Å². The highest BCUT2D eigenvalue weighted by Gasteiger charge is 2.16. The fourth-order valence-corrected chi connectivity index (χ4v) is 2.67. The molecule has 0 aromatic heterocycles. The van der Waals surface area contributed by atoms with Crippen molar-refractivity contribution in [2.75, 3.05) is 6.61 Å². The van der Waals surface area contributed by atoms with Crippen molar-refractivity contribution in [2.45, 2.75) is 13.3 Å². The third kappa shape index (κ3) is 6.50. The van der Waals surface area contributed by atoms with Gasteiger partial charge in [-0.3, -0.25) is 35.9 Å². The summed E-state index contributed by atoms with van der Waals surface area (Å²) in [6, 6.07) is 10.2. The number of rotatable bonds is 6. The van der Waals surface area contributed by atoms with Gasteiger partial charge in [-0.15, -0.1) is 0 Å². The summed E-state index contributed by atoms with van der Waals surface area (Å²) in [6.45, 7) is 2.39. The Morgan fingerprint density at radius 2 is 1.93 bits per heavy atom.